The molecule has 31 heavy (non-hydrogen) atoms. The fourth-order valence-corrected chi connectivity index (χ4v) is 5.04. The fraction of sp³-hybridized carbons (Fsp3) is 0.304. The molecule has 8 heteroatoms. The number of hydrogen-bond donors (Lipinski definition) is 0. The predicted molar refractivity (Wildman–Crippen MR) is 122 cm³/mol. The summed E-state index contributed by atoms with van der Waals surface area (Å²) in [6.07, 6.45) is -0.0675. The SMILES string of the molecule is COC(=O)CC(C)n1c(=O)c2ccccc2n(Cc2nsc3cc(C)cc(C)c23)c1=O. The van der Waals surface area contributed by atoms with E-state index in [9.17, 15) is 14.4 Å². The predicted octanol–water partition coefficient (Wildman–Crippen LogP) is 3.56. The van der Waals surface area contributed by atoms with Crippen LogP contribution >= 0.6 is 11.5 Å². The summed E-state index contributed by atoms with van der Waals surface area (Å²) in [5.74, 6) is -0.477. The molecule has 0 aliphatic carbocycles. The molecule has 0 aliphatic heterocycles. The molecule has 0 aliphatic rings. The Bertz CT molecular complexity index is 1430. The number of ether oxygens (including phenoxy) is 1. The highest BCUT2D eigenvalue weighted by molar-refractivity contribution is 7.13. The van der Waals surface area contributed by atoms with Crippen LogP contribution in [0.4, 0.5) is 0 Å². The van der Waals surface area contributed by atoms with Crippen molar-refractivity contribution in [2.45, 2.75) is 39.8 Å². The lowest BCUT2D eigenvalue weighted by atomic mass is 10.1. The molecule has 2 aromatic carbocycles. The molecule has 7 nitrogen and oxygen atoms in total. The second-order valence-electron chi connectivity index (χ2n) is 7.77. The molecule has 4 rings (SSSR count). The molecule has 0 saturated heterocycles. The molecule has 0 fully saturated rings. The second kappa shape index (κ2) is 8.11. The third-order valence-corrected chi connectivity index (χ3v) is 6.34. The van der Waals surface area contributed by atoms with E-state index in [0.29, 0.717) is 10.9 Å². The van der Waals surface area contributed by atoms with Gasteiger partial charge in [-0.2, -0.15) is 4.37 Å². The van der Waals surface area contributed by atoms with E-state index >= 15 is 0 Å². The van der Waals surface area contributed by atoms with Crippen LogP contribution in [0, 0.1) is 13.8 Å². The Balaban J connectivity index is 1.93. The molecule has 0 saturated carbocycles. The van der Waals surface area contributed by atoms with E-state index in [1.165, 1.54) is 18.6 Å². The Hall–Kier alpha value is -3.26. The van der Waals surface area contributed by atoms with Crippen molar-refractivity contribution < 1.29 is 9.53 Å². The van der Waals surface area contributed by atoms with Crippen molar-refractivity contribution in [3.8, 4) is 0 Å². The van der Waals surface area contributed by atoms with Crippen molar-refractivity contribution in [2.24, 2.45) is 0 Å². The van der Waals surface area contributed by atoms with E-state index in [1.807, 2.05) is 13.8 Å². The van der Waals surface area contributed by atoms with Gasteiger partial charge in [0.1, 0.15) is 0 Å². The molecule has 4 aromatic rings. The Morgan fingerprint density at radius 3 is 2.68 bits per heavy atom. The number of aryl methyl sites for hydroxylation is 2. The van der Waals surface area contributed by atoms with Crippen molar-refractivity contribution in [1.82, 2.24) is 13.5 Å². The van der Waals surface area contributed by atoms with Crippen LogP contribution in [0.25, 0.3) is 21.0 Å². The summed E-state index contributed by atoms with van der Waals surface area (Å²) in [6.45, 7) is 5.98. The standard InChI is InChI=1S/C23H23N3O4S/c1-13-9-14(2)21-17(24-31-19(21)10-13)12-25-18-8-6-5-7-16(18)22(28)26(23(25)29)15(3)11-20(27)30-4/h5-10,15H,11-12H2,1-4H3. The van der Waals surface area contributed by atoms with E-state index in [0.717, 1.165) is 31.5 Å². The van der Waals surface area contributed by atoms with Crippen LogP contribution in [-0.2, 0) is 16.1 Å². The number of carbonyl (C=O) groups is 1. The third kappa shape index (κ3) is 3.67. The average molecular weight is 438 g/mol. The van der Waals surface area contributed by atoms with Crippen LogP contribution < -0.4 is 11.2 Å². The molecular weight excluding hydrogens is 414 g/mol. The minimum Gasteiger partial charge on any atom is -0.469 e. The maximum atomic E-state index is 13.5. The summed E-state index contributed by atoms with van der Waals surface area (Å²) in [5, 5.41) is 1.46. The van der Waals surface area contributed by atoms with E-state index in [2.05, 4.69) is 16.5 Å². The number of rotatable bonds is 5. The Morgan fingerprint density at radius 2 is 1.94 bits per heavy atom. The normalized spacial score (nSPS) is 12.4. The van der Waals surface area contributed by atoms with Crippen LogP contribution in [0.1, 0.15) is 36.2 Å². The minimum atomic E-state index is -0.639. The number of benzene rings is 2. The molecular formula is C23H23N3O4S. The summed E-state index contributed by atoms with van der Waals surface area (Å²) < 4.78 is 13.1. The van der Waals surface area contributed by atoms with Gasteiger partial charge in [0.2, 0.25) is 0 Å². The number of fused-ring (bicyclic) bond motifs is 2. The zero-order valence-electron chi connectivity index (χ0n) is 17.8. The highest BCUT2D eigenvalue weighted by atomic mass is 32.1. The molecule has 1 unspecified atom stereocenters. The first-order valence-electron chi connectivity index (χ1n) is 9.98. The van der Waals surface area contributed by atoms with Crippen LogP contribution in [0.3, 0.4) is 0 Å². The van der Waals surface area contributed by atoms with Crippen LogP contribution in [0.15, 0.2) is 46.0 Å². The van der Waals surface area contributed by atoms with Crippen molar-refractivity contribution in [1.29, 1.82) is 0 Å². The Kier molecular flexibility index (Phi) is 5.49. The number of nitrogens with zero attached hydrogens (tertiary/aromatic N) is 3. The van der Waals surface area contributed by atoms with Crippen molar-refractivity contribution >= 4 is 38.5 Å². The number of hydrogen-bond acceptors (Lipinski definition) is 6. The molecule has 0 radical (unpaired) electrons. The van der Waals surface area contributed by atoms with Gasteiger partial charge in [0.05, 0.1) is 41.4 Å². The first-order valence-corrected chi connectivity index (χ1v) is 10.8. The van der Waals surface area contributed by atoms with Gasteiger partial charge in [-0.25, -0.2) is 4.79 Å². The van der Waals surface area contributed by atoms with Gasteiger partial charge in [-0.15, -0.1) is 0 Å². The van der Waals surface area contributed by atoms with E-state index < -0.39 is 23.3 Å². The zero-order valence-corrected chi connectivity index (χ0v) is 18.7. The summed E-state index contributed by atoms with van der Waals surface area (Å²) in [7, 11) is 1.29. The zero-order chi connectivity index (χ0) is 22.3. The largest absolute Gasteiger partial charge is 0.469 e. The lowest BCUT2D eigenvalue weighted by molar-refractivity contribution is -0.141. The first-order chi connectivity index (χ1) is 14.8. The van der Waals surface area contributed by atoms with Crippen LogP contribution in [0.2, 0.25) is 0 Å². The van der Waals surface area contributed by atoms with Crippen molar-refractivity contribution in [2.75, 3.05) is 7.11 Å². The van der Waals surface area contributed by atoms with Gasteiger partial charge < -0.3 is 4.74 Å². The highest BCUT2D eigenvalue weighted by Gasteiger charge is 2.21. The van der Waals surface area contributed by atoms with Crippen molar-refractivity contribution in [3.63, 3.8) is 0 Å². The van der Waals surface area contributed by atoms with Crippen molar-refractivity contribution in [3.05, 3.63) is 74.1 Å². The van der Waals surface area contributed by atoms with Crippen LogP contribution in [-0.4, -0.2) is 26.6 Å². The van der Waals surface area contributed by atoms with Gasteiger partial charge >= 0.3 is 11.7 Å². The van der Waals surface area contributed by atoms with E-state index in [1.54, 1.807) is 35.8 Å². The van der Waals surface area contributed by atoms with Gasteiger partial charge in [-0.1, -0.05) is 18.2 Å². The molecule has 0 N–H and O–H groups in total. The van der Waals surface area contributed by atoms with Gasteiger partial charge in [-0.3, -0.25) is 18.7 Å². The number of esters is 1. The van der Waals surface area contributed by atoms with Gasteiger partial charge in [0, 0.05) is 11.4 Å². The molecule has 2 aromatic heterocycles. The van der Waals surface area contributed by atoms with E-state index in [4.69, 9.17) is 4.74 Å². The quantitative estimate of drug-likeness (QED) is 0.446. The summed E-state index contributed by atoms with van der Waals surface area (Å²) in [4.78, 5) is 38.3. The lowest BCUT2D eigenvalue weighted by Crippen LogP contribution is -2.42. The maximum Gasteiger partial charge on any atom is 0.332 e. The summed E-state index contributed by atoms with van der Waals surface area (Å²) in [6, 6.07) is 10.6. The van der Waals surface area contributed by atoms with Crippen LogP contribution in [0.5, 0.6) is 0 Å². The number of aromatic nitrogens is 3. The Morgan fingerprint density at radius 1 is 1.19 bits per heavy atom. The first kappa shape index (κ1) is 21.0. The highest BCUT2D eigenvalue weighted by Crippen LogP contribution is 2.28. The monoisotopic (exact) mass is 437 g/mol. The van der Waals surface area contributed by atoms with Gasteiger partial charge in [-0.05, 0) is 61.6 Å². The summed E-state index contributed by atoms with van der Waals surface area (Å²) in [5.41, 5.74) is 2.71. The number of para-hydroxylation sites is 1. The Labute approximate surface area is 182 Å². The third-order valence-electron chi connectivity index (χ3n) is 5.51. The molecule has 0 spiro atoms. The number of carbonyl (C=O) groups excluding carboxylic acids is 1. The van der Waals surface area contributed by atoms with Gasteiger partial charge in [0.25, 0.3) is 5.56 Å². The second-order valence-corrected chi connectivity index (χ2v) is 8.58. The van der Waals surface area contributed by atoms with E-state index in [-0.39, 0.29) is 13.0 Å². The minimum absolute atomic E-state index is 0.0675. The summed E-state index contributed by atoms with van der Waals surface area (Å²) >= 11 is 1.40. The average Bonchev–Trinajstić information content (AvgIpc) is 3.13. The topological polar surface area (TPSA) is 83.2 Å². The lowest BCUT2D eigenvalue weighted by Gasteiger charge is -2.18. The number of methoxy groups -OCH3 is 1. The molecule has 0 amide bonds. The van der Waals surface area contributed by atoms with Gasteiger partial charge in [0.15, 0.2) is 0 Å². The smallest absolute Gasteiger partial charge is 0.332 e. The molecule has 1 atom stereocenters. The molecule has 2 heterocycles. The molecule has 0 bridgehead atoms. The maximum absolute atomic E-state index is 13.5. The molecule has 160 valence electrons. The fourth-order valence-electron chi connectivity index (χ4n) is 4.07.